The molecule has 0 aliphatic carbocycles. The Morgan fingerprint density at radius 1 is 0.875 bits per heavy atom. The van der Waals surface area contributed by atoms with E-state index in [9.17, 15) is 19.2 Å². The first-order valence-corrected chi connectivity index (χ1v) is 10.2. The van der Waals surface area contributed by atoms with Crippen molar-refractivity contribution in [3.05, 3.63) is 35.9 Å². The summed E-state index contributed by atoms with van der Waals surface area (Å²) >= 11 is 0. The van der Waals surface area contributed by atoms with Gasteiger partial charge in [0.05, 0.1) is 13.5 Å². The van der Waals surface area contributed by atoms with E-state index in [-0.39, 0.29) is 0 Å². The Kier molecular flexibility index (Phi) is 8.82. The standard InChI is InChI=1S/C23H34N2O7/c1-21(2,3)31-17(26)14-16(24-20(29)32-22(4,5)6)18(27)25-23(7,19(28)30-8)15-12-10-9-11-13-15/h9-13,16H,14H2,1-8H3,(H,24,29)(H,25,27)/t16-,23-/m1/s1. The van der Waals surface area contributed by atoms with Crippen LogP contribution in [0.2, 0.25) is 0 Å². The molecule has 9 nitrogen and oxygen atoms in total. The van der Waals surface area contributed by atoms with Gasteiger partial charge in [-0.2, -0.15) is 0 Å². The van der Waals surface area contributed by atoms with Crippen LogP contribution in [0.1, 0.15) is 60.5 Å². The minimum atomic E-state index is -1.56. The number of esters is 2. The van der Waals surface area contributed by atoms with Gasteiger partial charge in [0.25, 0.3) is 0 Å². The zero-order chi connectivity index (χ0) is 24.7. The van der Waals surface area contributed by atoms with Crippen molar-refractivity contribution in [2.75, 3.05) is 7.11 Å². The van der Waals surface area contributed by atoms with Gasteiger partial charge in [-0.15, -0.1) is 0 Å². The summed E-state index contributed by atoms with van der Waals surface area (Å²) < 4.78 is 15.4. The lowest BCUT2D eigenvalue weighted by Crippen LogP contribution is -2.57. The Balaban J connectivity index is 3.19. The van der Waals surface area contributed by atoms with E-state index in [4.69, 9.17) is 14.2 Å². The number of ether oxygens (including phenoxy) is 3. The van der Waals surface area contributed by atoms with Crippen LogP contribution in [0.3, 0.4) is 0 Å². The fourth-order valence-electron chi connectivity index (χ4n) is 2.76. The van der Waals surface area contributed by atoms with Crippen LogP contribution in [0.4, 0.5) is 4.79 Å². The lowest BCUT2D eigenvalue weighted by molar-refractivity contribution is -0.156. The van der Waals surface area contributed by atoms with Gasteiger partial charge in [0, 0.05) is 0 Å². The highest BCUT2D eigenvalue weighted by atomic mass is 16.6. The van der Waals surface area contributed by atoms with E-state index in [1.807, 2.05) is 0 Å². The average Bonchev–Trinajstić information content (AvgIpc) is 2.64. The van der Waals surface area contributed by atoms with Crippen molar-refractivity contribution in [1.29, 1.82) is 0 Å². The molecule has 2 atom stereocenters. The third-order valence-corrected chi connectivity index (χ3v) is 4.12. The molecule has 9 heteroatoms. The third-order valence-electron chi connectivity index (χ3n) is 4.12. The van der Waals surface area contributed by atoms with Gasteiger partial charge in [0.2, 0.25) is 5.91 Å². The van der Waals surface area contributed by atoms with Crippen LogP contribution >= 0.6 is 0 Å². The maximum atomic E-state index is 13.2. The molecule has 0 aromatic heterocycles. The van der Waals surface area contributed by atoms with Crippen molar-refractivity contribution in [3.8, 4) is 0 Å². The molecular formula is C23H34N2O7. The number of methoxy groups -OCH3 is 1. The highest BCUT2D eigenvalue weighted by molar-refractivity contribution is 5.94. The minimum absolute atomic E-state index is 0.464. The van der Waals surface area contributed by atoms with Gasteiger partial charge in [-0.05, 0) is 54.0 Å². The minimum Gasteiger partial charge on any atom is -0.467 e. The van der Waals surface area contributed by atoms with Crippen molar-refractivity contribution in [1.82, 2.24) is 10.6 Å². The fourth-order valence-corrected chi connectivity index (χ4v) is 2.76. The largest absolute Gasteiger partial charge is 0.467 e. The van der Waals surface area contributed by atoms with Crippen LogP contribution in [0.5, 0.6) is 0 Å². The number of amides is 2. The third kappa shape index (κ3) is 8.56. The van der Waals surface area contributed by atoms with E-state index in [1.54, 1.807) is 71.9 Å². The first kappa shape index (κ1) is 26.9. The van der Waals surface area contributed by atoms with Crippen LogP contribution in [-0.4, -0.2) is 48.3 Å². The summed E-state index contributed by atoms with van der Waals surface area (Å²) in [6, 6.07) is 7.13. The summed E-state index contributed by atoms with van der Waals surface area (Å²) in [6.07, 6.45) is -1.35. The zero-order valence-electron chi connectivity index (χ0n) is 20.0. The molecule has 0 unspecified atom stereocenters. The highest BCUT2D eigenvalue weighted by Crippen LogP contribution is 2.23. The van der Waals surface area contributed by atoms with Gasteiger partial charge in [0.15, 0.2) is 5.54 Å². The number of alkyl carbamates (subject to hydrolysis) is 1. The Hall–Kier alpha value is -3.10. The molecule has 0 heterocycles. The van der Waals surface area contributed by atoms with Gasteiger partial charge in [-0.1, -0.05) is 30.3 Å². The van der Waals surface area contributed by atoms with Crippen LogP contribution in [0.25, 0.3) is 0 Å². The van der Waals surface area contributed by atoms with E-state index >= 15 is 0 Å². The van der Waals surface area contributed by atoms with E-state index in [0.29, 0.717) is 5.56 Å². The van der Waals surface area contributed by atoms with Crippen LogP contribution in [0, 0.1) is 0 Å². The van der Waals surface area contributed by atoms with Crippen molar-refractivity contribution >= 4 is 23.9 Å². The number of benzene rings is 1. The summed E-state index contributed by atoms with van der Waals surface area (Å²) in [6.45, 7) is 11.5. The Labute approximate surface area is 189 Å². The van der Waals surface area contributed by atoms with Gasteiger partial charge in [-0.25, -0.2) is 9.59 Å². The molecule has 1 aromatic rings. The van der Waals surface area contributed by atoms with Gasteiger partial charge >= 0.3 is 18.0 Å². The summed E-state index contributed by atoms with van der Waals surface area (Å²) in [5, 5.41) is 5.00. The molecule has 1 aromatic carbocycles. The Morgan fingerprint density at radius 2 is 1.41 bits per heavy atom. The number of carbonyl (C=O) groups excluding carboxylic acids is 4. The maximum Gasteiger partial charge on any atom is 0.408 e. The van der Waals surface area contributed by atoms with E-state index < -0.39 is 53.1 Å². The molecule has 0 radical (unpaired) electrons. The van der Waals surface area contributed by atoms with Crippen molar-refractivity contribution in [2.45, 2.75) is 77.7 Å². The predicted molar refractivity (Wildman–Crippen MR) is 118 cm³/mol. The SMILES string of the molecule is COC(=O)[C@](C)(NC(=O)[C@@H](CC(=O)OC(C)(C)C)NC(=O)OC(C)(C)C)c1ccccc1. The average molecular weight is 451 g/mol. The topological polar surface area (TPSA) is 120 Å². The smallest absolute Gasteiger partial charge is 0.408 e. The first-order valence-electron chi connectivity index (χ1n) is 10.2. The molecule has 2 amide bonds. The van der Waals surface area contributed by atoms with E-state index in [2.05, 4.69) is 10.6 Å². The number of rotatable bonds is 7. The molecule has 0 saturated carbocycles. The van der Waals surface area contributed by atoms with Gasteiger partial charge < -0.3 is 24.8 Å². The molecule has 178 valence electrons. The number of carbonyl (C=O) groups is 4. The maximum absolute atomic E-state index is 13.2. The second-order valence-corrected chi connectivity index (χ2v) is 9.46. The number of hydrogen-bond donors (Lipinski definition) is 2. The normalized spacial score (nSPS) is 14.4. The molecule has 0 bridgehead atoms. The lowest BCUT2D eigenvalue weighted by Gasteiger charge is -2.31. The second kappa shape index (κ2) is 10.5. The number of nitrogens with one attached hydrogen (secondary N) is 2. The summed E-state index contributed by atoms with van der Waals surface area (Å²) in [5.41, 5.74) is -2.70. The van der Waals surface area contributed by atoms with Crippen molar-refractivity contribution in [3.63, 3.8) is 0 Å². The second-order valence-electron chi connectivity index (χ2n) is 9.46. The van der Waals surface area contributed by atoms with Gasteiger partial charge in [-0.3, -0.25) is 9.59 Å². The lowest BCUT2D eigenvalue weighted by atomic mass is 9.91. The molecule has 0 saturated heterocycles. The predicted octanol–water partition coefficient (Wildman–Crippen LogP) is 2.82. The fraction of sp³-hybridized carbons (Fsp3) is 0.565. The molecule has 32 heavy (non-hydrogen) atoms. The van der Waals surface area contributed by atoms with Crippen molar-refractivity contribution in [2.24, 2.45) is 0 Å². The quantitative estimate of drug-likeness (QED) is 0.484. The van der Waals surface area contributed by atoms with Gasteiger partial charge in [0.1, 0.15) is 17.2 Å². The number of hydrogen-bond acceptors (Lipinski definition) is 7. The molecule has 0 spiro atoms. The summed E-state index contributed by atoms with van der Waals surface area (Å²) in [7, 11) is 1.20. The summed E-state index contributed by atoms with van der Waals surface area (Å²) in [5.74, 6) is -2.20. The molecule has 0 aliphatic rings. The Bertz CT molecular complexity index is 795. The van der Waals surface area contributed by atoms with Crippen molar-refractivity contribution < 1.29 is 33.4 Å². The van der Waals surface area contributed by atoms with Crippen LogP contribution in [-0.2, 0) is 34.1 Å². The van der Waals surface area contributed by atoms with Crippen LogP contribution in [0.15, 0.2) is 30.3 Å². The molecule has 0 aliphatic heterocycles. The monoisotopic (exact) mass is 450 g/mol. The molecule has 0 fully saturated rings. The highest BCUT2D eigenvalue weighted by Gasteiger charge is 2.40. The van der Waals surface area contributed by atoms with E-state index in [0.717, 1.165) is 0 Å². The van der Waals surface area contributed by atoms with E-state index in [1.165, 1.54) is 14.0 Å². The summed E-state index contributed by atoms with van der Waals surface area (Å²) in [4.78, 5) is 50.4. The molecule has 1 rings (SSSR count). The zero-order valence-corrected chi connectivity index (χ0v) is 20.0. The first-order chi connectivity index (χ1) is 14.6. The van der Waals surface area contributed by atoms with Crippen LogP contribution < -0.4 is 10.6 Å². The Morgan fingerprint density at radius 3 is 1.88 bits per heavy atom. The molecule has 2 N–H and O–H groups in total. The molecular weight excluding hydrogens is 416 g/mol.